The molecule has 1 aromatic carbocycles. The number of hydrogen-bond acceptors (Lipinski definition) is 1. The van der Waals surface area contributed by atoms with Crippen LogP contribution in [-0.2, 0) is 12.7 Å². The Hall–Kier alpha value is -1.52. The summed E-state index contributed by atoms with van der Waals surface area (Å²) in [7, 11) is 0. The zero-order valence-electron chi connectivity index (χ0n) is 11.6. The zero-order chi connectivity index (χ0) is 14.6. The summed E-state index contributed by atoms with van der Waals surface area (Å²) in [6.07, 6.45) is 0.645. The van der Waals surface area contributed by atoms with Gasteiger partial charge in [0.1, 0.15) is 0 Å². The lowest BCUT2D eigenvalue weighted by Crippen LogP contribution is -2.15. The number of alkyl halides is 3. The van der Waals surface area contributed by atoms with Crippen molar-refractivity contribution in [2.75, 3.05) is 0 Å². The van der Waals surface area contributed by atoms with Crippen molar-refractivity contribution in [3.8, 4) is 0 Å². The van der Waals surface area contributed by atoms with Gasteiger partial charge in [0.25, 0.3) is 0 Å². The molecule has 0 aliphatic carbocycles. The molecule has 0 fully saturated rings. The second kappa shape index (κ2) is 6.29. The van der Waals surface area contributed by atoms with Gasteiger partial charge in [0.05, 0.1) is 11.0 Å². The van der Waals surface area contributed by atoms with Crippen LogP contribution in [0.25, 0.3) is 11.0 Å². The summed E-state index contributed by atoms with van der Waals surface area (Å²) in [6, 6.07) is 6.78. The van der Waals surface area contributed by atoms with E-state index in [0.29, 0.717) is 17.6 Å². The van der Waals surface area contributed by atoms with Crippen LogP contribution in [0, 0.1) is 0 Å². The van der Waals surface area contributed by atoms with Crippen molar-refractivity contribution in [1.29, 1.82) is 0 Å². The van der Waals surface area contributed by atoms with E-state index in [4.69, 9.17) is 0 Å². The average molecular weight is 284 g/mol. The van der Waals surface area contributed by atoms with Crippen LogP contribution >= 0.6 is 0 Å². The molecular weight excluding hydrogens is 265 g/mol. The maximum absolute atomic E-state index is 13.0. The zero-order valence-corrected chi connectivity index (χ0v) is 11.6. The lowest BCUT2D eigenvalue weighted by molar-refractivity contribution is -0.147. The highest BCUT2D eigenvalue weighted by molar-refractivity contribution is 5.76. The Kier molecular flexibility index (Phi) is 4.68. The number of aryl methyl sites for hydroxylation is 1. The Bertz CT molecular complexity index is 558. The fourth-order valence-electron chi connectivity index (χ4n) is 2.39. The van der Waals surface area contributed by atoms with Gasteiger partial charge in [-0.3, -0.25) is 0 Å². The summed E-state index contributed by atoms with van der Waals surface area (Å²) in [5.41, 5.74) is 0.976. The molecule has 110 valence electrons. The van der Waals surface area contributed by atoms with E-state index in [1.54, 1.807) is 24.3 Å². The van der Waals surface area contributed by atoms with Gasteiger partial charge in [-0.2, -0.15) is 13.2 Å². The molecule has 0 saturated heterocycles. The van der Waals surface area contributed by atoms with E-state index >= 15 is 0 Å². The molecule has 0 amide bonds. The number of fused-ring (bicyclic) bond motifs is 1. The fraction of sp³-hybridized carbons (Fsp3) is 0.533. The molecule has 0 radical (unpaired) electrons. The van der Waals surface area contributed by atoms with Gasteiger partial charge >= 0.3 is 6.18 Å². The van der Waals surface area contributed by atoms with Gasteiger partial charge in [0, 0.05) is 6.54 Å². The number of para-hydroxylation sites is 2. The molecule has 0 bridgehead atoms. The summed E-state index contributed by atoms with van der Waals surface area (Å²) in [6.45, 7) is 2.49. The highest BCUT2D eigenvalue weighted by Crippen LogP contribution is 2.31. The Morgan fingerprint density at radius 1 is 1.05 bits per heavy atom. The topological polar surface area (TPSA) is 17.8 Å². The number of hydrogen-bond donors (Lipinski definition) is 0. The summed E-state index contributed by atoms with van der Waals surface area (Å²) in [4.78, 5) is 3.74. The van der Waals surface area contributed by atoms with E-state index in [1.807, 2.05) is 0 Å². The first kappa shape index (κ1) is 14.9. The minimum atomic E-state index is -4.40. The molecule has 0 aliphatic heterocycles. The van der Waals surface area contributed by atoms with Crippen LogP contribution < -0.4 is 0 Å². The van der Waals surface area contributed by atoms with E-state index in [9.17, 15) is 13.2 Å². The number of nitrogens with zero attached hydrogens (tertiary/aromatic N) is 2. The Morgan fingerprint density at radius 3 is 2.45 bits per heavy atom. The predicted molar refractivity (Wildman–Crippen MR) is 73.5 cm³/mol. The third kappa shape index (κ3) is 3.32. The molecule has 0 saturated carbocycles. The molecule has 2 rings (SSSR count). The highest BCUT2D eigenvalue weighted by Gasteiger charge is 2.37. The predicted octanol–water partition coefficient (Wildman–Crippen LogP) is 5.03. The molecule has 1 heterocycles. The maximum atomic E-state index is 13.0. The summed E-state index contributed by atoms with van der Waals surface area (Å²) in [5.74, 6) is -0.783. The van der Waals surface area contributed by atoms with Crippen molar-refractivity contribution in [3.63, 3.8) is 0 Å². The van der Waals surface area contributed by atoms with E-state index in [1.165, 1.54) is 4.57 Å². The minimum Gasteiger partial charge on any atom is -0.320 e. The van der Waals surface area contributed by atoms with E-state index in [-0.39, 0.29) is 0 Å². The van der Waals surface area contributed by atoms with Crippen LogP contribution in [0.2, 0.25) is 0 Å². The molecule has 0 N–H and O–H groups in total. The quantitative estimate of drug-likeness (QED) is 0.681. The Labute approximate surface area is 116 Å². The number of imidazole rings is 1. The SMILES string of the molecule is CCCCCCCn1c(C(F)(F)F)nc2ccccc21. The maximum Gasteiger partial charge on any atom is 0.449 e. The molecule has 0 spiro atoms. The summed E-state index contributed by atoms with van der Waals surface area (Å²) >= 11 is 0. The number of benzene rings is 1. The standard InChI is InChI=1S/C15H19F3N2/c1-2-3-4-5-8-11-20-13-10-7-6-9-12(13)19-14(20)15(16,17)18/h6-7,9-10H,2-5,8,11H2,1H3. The van der Waals surface area contributed by atoms with E-state index in [0.717, 1.165) is 32.1 Å². The summed E-state index contributed by atoms with van der Waals surface area (Å²) < 4.78 is 40.4. The third-order valence-electron chi connectivity index (χ3n) is 3.39. The van der Waals surface area contributed by atoms with Gasteiger partial charge in [-0.15, -0.1) is 0 Å². The van der Waals surface area contributed by atoms with Crippen molar-refractivity contribution in [2.45, 2.75) is 51.7 Å². The van der Waals surface area contributed by atoms with Crippen LogP contribution in [0.3, 0.4) is 0 Å². The lowest BCUT2D eigenvalue weighted by Gasteiger charge is -2.11. The second-order valence-corrected chi connectivity index (χ2v) is 4.99. The van der Waals surface area contributed by atoms with Gasteiger partial charge in [0.2, 0.25) is 5.82 Å². The van der Waals surface area contributed by atoms with Gasteiger partial charge in [-0.1, -0.05) is 44.7 Å². The van der Waals surface area contributed by atoms with Crippen LogP contribution in [0.1, 0.15) is 44.9 Å². The number of rotatable bonds is 6. The monoisotopic (exact) mass is 284 g/mol. The van der Waals surface area contributed by atoms with Crippen LogP contribution in [-0.4, -0.2) is 9.55 Å². The molecule has 0 atom stereocenters. The highest BCUT2D eigenvalue weighted by atomic mass is 19.4. The van der Waals surface area contributed by atoms with Crippen LogP contribution in [0.5, 0.6) is 0 Å². The normalized spacial score (nSPS) is 12.2. The Balaban J connectivity index is 2.20. The summed E-state index contributed by atoms with van der Waals surface area (Å²) in [5, 5.41) is 0. The number of unbranched alkanes of at least 4 members (excludes halogenated alkanes) is 4. The second-order valence-electron chi connectivity index (χ2n) is 4.99. The van der Waals surface area contributed by atoms with Crippen LogP contribution in [0.4, 0.5) is 13.2 Å². The lowest BCUT2D eigenvalue weighted by atomic mass is 10.1. The number of aromatic nitrogens is 2. The van der Waals surface area contributed by atoms with Crippen molar-refractivity contribution in [1.82, 2.24) is 9.55 Å². The van der Waals surface area contributed by atoms with Crippen molar-refractivity contribution in [2.24, 2.45) is 0 Å². The molecule has 2 aromatic rings. The van der Waals surface area contributed by atoms with E-state index in [2.05, 4.69) is 11.9 Å². The van der Waals surface area contributed by atoms with Gasteiger partial charge in [0.15, 0.2) is 0 Å². The molecule has 0 aliphatic rings. The fourth-order valence-corrected chi connectivity index (χ4v) is 2.39. The largest absolute Gasteiger partial charge is 0.449 e. The molecule has 2 nitrogen and oxygen atoms in total. The average Bonchev–Trinajstić information content (AvgIpc) is 2.78. The third-order valence-corrected chi connectivity index (χ3v) is 3.39. The first-order valence-corrected chi connectivity index (χ1v) is 7.06. The Morgan fingerprint density at radius 2 is 1.75 bits per heavy atom. The smallest absolute Gasteiger partial charge is 0.320 e. The van der Waals surface area contributed by atoms with E-state index < -0.39 is 12.0 Å². The van der Waals surface area contributed by atoms with Crippen molar-refractivity contribution in [3.05, 3.63) is 30.1 Å². The molecular formula is C15H19F3N2. The number of halogens is 3. The van der Waals surface area contributed by atoms with Crippen molar-refractivity contribution >= 4 is 11.0 Å². The van der Waals surface area contributed by atoms with Crippen molar-refractivity contribution < 1.29 is 13.2 Å². The van der Waals surface area contributed by atoms with Gasteiger partial charge < -0.3 is 4.57 Å². The van der Waals surface area contributed by atoms with Gasteiger partial charge in [-0.25, -0.2) is 4.98 Å². The molecule has 20 heavy (non-hydrogen) atoms. The van der Waals surface area contributed by atoms with Gasteiger partial charge in [-0.05, 0) is 18.6 Å². The first-order chi connectivity index (χ1) is 9.54. The molecule has 1 aromatic heterocycles. The first-order valence-electron chi connectivity index (χ1n) is 7.06. The molecule has 5 heteroatoms. The van der Waals surface area contributed by atoms with Crippen LogP contribution in [0.15, 0.2) is 24.3 Å². The molecule has 0 unspecified atom stereocenters. The minimum absolute atomic E-state index is 0.374.